The summed E-state index contributed by atoms with van der Waals surface area (Å²) in [7, 11) is -3.46. The zero-order valence-electron chi connectivity index (χ0n) is 12.6. The molecule has 1 atom stereocenters. The fourth-order valence-corrected chi connectivity index (χ4v) is 5.90. The summed E-state index contributed by atoms with van der Waals surface area (Å²) >= 11 is 7.33. The lowest BCUT2D eigenvalue weighted by Gasteiger charge is -2.28. The smallest absolute Gasteiger partial charge is 0.207 e. The fraction of sp³-hybridized carbons (Fsp3) is 0.714. The molecule has 20 heavy (non-hydrogen) atoms. The molecule has 1 aromatic heterocycles. The van der Waals surface area contributed by atoms with Gasteiger partial charge in [-0.25, -0.2) is 8.42 Å². The van der Waals surface area contributed by atoms with Gasteiger partial charge in [-0.05, 0) is 37.6 Å². The number of halogens is 1. The number of hydrogen-bond donors (Lipinski definition) is 0. The maximum absolute atomic E-state index is 13.0. The zero-order chi connectivity index (χ0) is 15.3. The van der Waals surface area contributed by atoms with Crippen LogP contribution in [-0.4, -0.2) is 25.3 Å². The Morgan fingerprint density at radius 2 is 2.05 bits per heavy atom. The summed E-state index contributed by atoms with van der Waals surface area (Å²) in [5.74, 6) is 0.245. The van der Waals surface area contributed by atoms with Crippen molar-refractivity contribution in [2.45, 2.75) is 63.8 Å². The Balaban J connectivity index is 3.25. The van der Waals surface area contributed by atoms with Crippen LogP contribution in [0.4, 0.5) is 0 Å². The van der Waals surface area contributed by atoms with Gasteiger partial charge in [-0.3, -0.25) is 0 Å². The Kier molecular flexibility index (Phi) is 6.98. The Bertz CT molecular complexity index is 525. The van der Waals surface area contributed by atoms with Crippen molar-refractivity contribution < 1.29 is 8.42 Å². The molecule has 0 aliphatic rings. The summed E-state index contributed by atoms with van der Waals surface area (Å²) in [5.41, 5.74) is 0.801. The van der Waals surface area contributed by atoms with Crippen molar-refractivity contribution in [3.05, 3.63) is 15.8 Å². The third kappa shape index (κ3) is 3.75. The van der Waals surface area contributed by atoms with Crippen LogP contribution in [0.5, 0.6) is 0 Å². The van der Waals surface area contributed by atoms with Crippen molar-refractivity contribution in [2.75, 3.05) is 6.54 Å². The van der Waals surface area contributed by atoms with E-state index < -0.39 is 10.0 Å². The van der Waals surface area contributed by atoms with Crippen molar-refractivity contribution in [1.82, 2.24) is 4.31 Å². The van der Waals surface area contributed by atoms with Gasteiger partial charge in [0.1, 0.15) is 4.90 Å². The first-order valence-corrected chi connectivity index (χ1v) is 9.90. The summed E-state index contributed by atoms with van der Waals surface area (Å²) in [6.07, 6.45) is 2.67. The molecule has 0 bridgehead atoms. The van der Waals surface area contributed by atoms with Crippen LogP contribution in [0.3, 0.4) is 0 Å². The number of rotatable bonds is 8. The number of hydrogen-bond acceptors (Lipinski definition) is 3. The number of aryl methyl sites for hydroxylation is 1. The van der Waals surface area contributed by atoms with Gasteiger partial charge in [-0.2, -0.15) is 4.31 Å². The molecule has 0 aliphatic carbocycles. The minimum absolute atomic E-state index is 0.00836. The van der Waals surface area contributed by atoms with Crippen LogP contribution in [0.2, 0.25) is 0 Å². The quantitative estimate of drug-likeness (QED) is 0.660. The van der Waals surface area contributed by atoms with Crippen LogP contribution in [0.1, 0.15) is 50.5 Å². The average Bonchev–Trinajstić information content (AvgIpc) is 2.80. The van der Waals surface area contributed by atoms with Gasteiger partial charge in [0.05, 0.1) is 5.88 Å². The Labute approximate surface area is 132 Å². The molecule has 0 aromatic carbocycles. The lowest BCUT2D eigenvalue weighted by Crippen LogP contribution is -2.39. The van der Waals surface area contributed by atoms with E-state index in [1.165, 1.54) is 11.3 Å². The molecule has 0 fully saturated rings. The van der Waals surface area contributed by atoms with Crippen LogP contribution < -0.4 is 0 Å². The van der Waals surface area contributed by atoms with Crippen LogP contribution >= 0.6 is 22.9 Å². The maximum Gasteiger partial charge on any atom is 0.244 e. The summed E-state index contributed by atoms with van der Waals surface area (Å²) in [6.45, 7) is 8.47. The minimum Gasteiger partial charge on any atom is -0.207 e. The zero-order valence-corrected chi connectivity index (χ0v) is 15.0. The van der Waals surface area contributed by atoms with Gasteiger partial charge in [0, 0.05) is 17.5 Å². The maximum atomic E-state index is 13.0. The molecule has 3 nitrogen and oxygen atoms in total. The van der Waals surface area contributed by atoms with E-state index in [-0.39, 0.29) is 11.9 Å². The topological polar surface area (TPSA) is 37.4 Å². The van der Waals surface area contributed by atoms with Gasteiger partial charge in [0.15, 0.2) is 0 Å². The first kappa shape index (κ1) is 18.0. The second kappa shape index (κ2) is 7.78. The van der Waals surface area contributed by atoms with Crippen molar-refractivity contribution in [3.8, 4) is 0 Å². The van der Waals surface area contributed by atoms with E-state index in [1.807, 2.05) is 26.2 Å². The molecular weight excluding hydrogens is 314 g/mol. The van der Waals surface area contributed by atoms with E-state index >= 15 is 0 Å². The van der Waals surface area contributed by atoms with E-state index in [4.69, 9.17) is 11.6 Å². The van der Waals surface area contributed by atoms with E-state index in [0.29, 0.717) is 11.4 Å². The second-order valence-electron chi connectivity index (χ2n) is 5.03. The predicted octanol–water partition coefficient (Wildman–Crippen LogP) is 4.38. The molecule has 1 rings (SSSR count). The first-order chi connectivity index (χ1) is 9.39. The molecule has 1 aromatic rings. The molecule has 0 saturated carbocycles. The molecule has 116 valence electrons. The Morgan fingerprint density at radius 1 is 1.40 bits per heavy atom. The molecule has 6 heteroatoms. The molecule has 0 N–H and O–H groups in total. The Hall–Kier alpha value is -0.100. The summed E-state index contributed by atoms with van der Waals surface area (Å²) in [6, 6.07) is 0.00836. The molecule has 0 saturated heterocycles. The molecule has 0 spiro atoms. The first-order valence-electron chi connectivity index (χ1n) is 7.04. The van der Waals surface area contributed by atoms with E-state index in [1.54, 1.807) is 4.31 Å². The molecule has 1 heterocycles. The number of alkyl halides is 1. The molecule has 0 amide bonds. The molecular formula is C14H24ClNO2S2. The van der Waals surface area contributed by atoms with E-state index in [2.05, 4.69) is 6.92 Å². The predicted molar refractivity (Wildman–Crippen MR) is 87.2 cm³/mol. The highest BCUT2D eigenvalue weighted by molar-refractivity contribution is 7.89. The van der Waals surface area contributed by atoms with Gasteiger partial charge >= 0.3 is 0 Å². The molecule has 0 radical (unpaired) electrons. The van der Waals surface area contributed by atoms with Crippen LogP contribution in [0, 0.1) is 6.92 Å². The summed E-state index contributed by atoms with van der Waals surface area (Å²) in [4.78, 5) is 1.17. The lowest BCUT2D eigenvalue weighted by molar-refractivity contribution is 0.324. The van der Waals surface area contributed by atoms with Crippen molar-refractivity contribution in [3.63, 3.8) is 0 Å². The monoisotopic (exact) mass is 337 g/mol. The number of thiophene rings is 1. The second-order valence-corrected chi connectivity index (χ2v) is 8.09. The average molecular weight is 338 g/mol. The SMILES string of the molecule is CCCCN(C(C)CC)S(=O)(=O)c1c(C)csc1CCl. The number of nitrogens with zero attached hydrogens (tertiary/aromatic N) is 1. The number of sulfonamides is 1. The molecule has 0 aliphatic heterocycles. The number of unbranched alkanes of at least 4 members (excludes halogenated alkanes) is 1. The van der Waals surface area contributed by atoms with E-state index in [9.17, 15) is 8.42 Å². The third-order valence-electron chi connectivity index (χ3n) is 3.49. The summed E-state index contributed by atoms with van der Waals surface area (Å²) in [5, 5.41) is 1.87. The van der Waals surface area contributed by atoms with Crippen LogP contribution in [0.25, 0.3) is 0 Å². The highest BCUT2D eigenvalue weighted by atomic mass is 35.5. The van der Waals surface area contributed by atoms with Crippen LogP contribution in [-0.2, 0) is 15.9 Å². The largest absolute Gasteiger partial charge is 0.244 e. The van der Waals surface area contributed by atoms with Gasteiger partial charge in [-0.1, -0.05) is 20.3 Å². The van der Waals surface area contributed by atoms with Gasteiger partial charge in [-0.15, -0.1) is 22.9 Å². The highest BCUT2D eigenvalue weighted by Gasteiger charge is 2.31. The third-order valence-corrected chi connectivity index (χ3v) is 7.40. The van der Waals surface area contributed by atoms with Crippen molar-refractivity contribution in [2.24, 2.45) is 0 Å². The highest BCUT2D eigenvalue weighted by Crippen LogP contribution is 2.32. The van der Waals surface area contributed by atoms with Gasteiger partial charge in [0.25, 0.3) is 0 Å². The fourth-order valence-electron chi connectivity index (χ4n) is 2.14. The normalized spacial score (nSPS) is 13.9. The standard InChI is InChI=1S/C14H24ClNO2S2/c1-5-7-8-16(12(4)6-2)20(17,18)14-11(3)10-19-13(14)9-15/h10,12H,5-9H2,1-4H3. The minimum atomic E-state index is -3.46. The van der Waals surface area contributed by atoms with Gasteiger partial charge in [0.2, 0.25) is 10.0 Å². The van der Waals surface area contributed by atoms with Crippen molar-refractivity contribution in [1.29, 1.82) is 0 Å². The lowest BCUT2D eigenvalue weighted by atomic mass is 10.2. The molecule has 1 unspecified atom stereocenters. The van der Waals surface area contributed by atoms with Gasteiger partial charge < -0.3 is 0 Å². The van der Waals surface area contributed by atoms with Crippen LogP contribution in [0.15, 0.2) is 10.3 Å². The van der Waals surface area contributed by atoms with Crippen molar-refractivity contribution >= 4 is 33.0 Å². The Morgan fingerprint density at radius 3 is 2.55 bits per heavy atom. The summed E-state index contributed by atoms with van der Waals surface area (Å²) < 4.78 is 27.6. The van der Waals surface area contributed by atoms with E-state index in [0.717, 1.165) is 29.7 Å².